The number of nitrogens with zero attached hydrogens (tertiary/aromatic N) is 1. The molecule has 3 atom stereocenters. The number of benzene rings is 2. The first kappa shape index (κ1) is 28.3. The van der Waals surface area contributed by atoms with E-state index in [0.29, 0.717) is 11.5 Å². The number of aromatic amines is 1. The van der Waals surface area contributed by atoms with Crippen LogP contribution in [0.1, 0.15) is 27.6 Å². The number of nitrogens with one attached hydrogen (secondary N) is 1. The van der Waals surface area contributed by atoms with E-state index >= 15 is 0 Å². The lowest BCUT2D eigenvalue weighted by Gasteiger charge is -2.40. The molecule has 0 saturated heterocycles. The average molecular weight is 538 g/mol. The molecule has 0 aliphatic rings. The summed E-state index contributed by atoms with van der Waals surface area (Å²) >= 11 is 0. The lowest BCUT2D eigenvalue weighted by molar-refractivity contribution is -0.330. The molecule has 0 saturated carbocycles. The van der Waals surface area contributed by atoms with Crippen LogP contribution < -0.4 is 11.2 Å². The fourth-order valence-electron chi connectivity index (χ4n) is 3.41. The molecule has 9 nitrogen and oxygen atoms in total. The van der Waals surface area contributed by atoms with E-state index in [1.165, 1.54) is 48.5 Å². The topological polar surface area (TPSA) is 117 Å². The van der Waals surface area contributed by atoms with E-state index in [1.807, 2.05) is 4.98 Å². The van der Waals surface area contributed by atoms with Crippen LogP contribution >= 0.6 is 0 Å². The molecule has 0 amide bonds. The van der Waals surface area contributed by atoms with E-state index in [4.69, 9.17) is 14.2 Å². The predicted octanol–water partition coefficient (Wildman–Crippen LogP) is 3.25. The summed E-state index contributed by atoms with van der Waals surface area (Å²) in [6.45, 7) is -2.11. The number of halogens is 4. The van der Waals surface area contributed by atoms with Crippen molar-refractivity contribution >= 4 is 11.9 Å². The quantitative estimate of drug-likeness (QED) is 0.311. The molecule has 1 aromatic heterocycles. The van der Waals surface area contributed by atoms with Gasteiger partial charge in [0.1, 0.15) is 19.5 Å². The zero-order chi connectivity index (χ0) is 27.9. The minimum absolute atomic E-state index is 0.105. The van der Waals surface area contributed by atoms with Crippen LogP contribution in [0.3, 0.4) is 0 Å². The molecule has 13 heteroatoms. The third-order valence-electron chi connectivity index (χ3n) is 5.39. The monoisotopic (exact) mass is 538 g/mol. The zero-order valence-electron chi connectivity index (χ0n) is 19.8. The number of rotatable bonds is 10. The van der Waals surface area contributed by atoms with Gasteiger partial charge in [0.05, 0.1) is 11.1 Å². The van der Waals surface area contributed by atoms with Gasteiger partial charge in [-0.15, -0.1) is 0 Å². The Bertz CT molecular complexity index is 1360. The van der Waals surface area contributed by atoms with Gasteiger partial charge in [-0.3, -0.25) is 14.3 Å². The Balaban J connectivity index is 2.04. The van der Waals surface area contributed by atoms with Gasteiger partial charge < -0.3 is 14.2 Å². The van der Waals surface area contributed by atoms with Gasteiger partial charge in [0.15, 0.2) is 6.10 Å². The molecule has 0 aliphatic carbocycles. The molecule has 0 fully saturated rings. The van der Waals surface area contributed by atoms with Gasteiger partial charge in [0.2, 0.25) is 5.60 Å². The zero-order valence-corrected chi connectivity index (χ0v) is 19.8. The van der Waals surface area contributed by atoms with Gasteiger partial charge in [-0.25, -0.2) is 18.8 Å². The highest BCUT2D eigenvalue weighted by molar-refractivity contribution is 5.90. The molecule has 38 heavy (non-hydrogen) atoms. The molecule has 202 valence electrons. The maximum atomic E-state index is 14.9. The minimum Gasteiger partial charge on any atom is -0.458 e. The van der Waals surface area contributed by atoms with Crippen LogP contribution in [0.2, 0.25) is 0 Å². The summed E-state index contributed by atoms with van der Waals surface area (Å²) in [6.07, 6.45) is -9.83. The van der Waals surface area contributed by atoms with Crippen LogP contribution in [-0.2, 0) is 20.9 Å². The molecule has 0 bridgehead atoms. The molecule has 1 N–H and O–H groups in total. The second-order valence-corrected chi connectivity index (χ2v) is 8.05. The first-order valence-corrected chi connectivity index (χ1v) is 11.1. The molecule has 1 heterocycles. The van der Waals surface area contributed by atoms with Gasteiger partial charge in [-0.1, -0.05) is 36.4 Å². The van der Waals surface area contributed by atoms with Crippen molar-refractivity contribution in [2.24, 2.45) is 0 Å². The summed E-state index contributed by atoms with van der Waals surface area (Å²) in [6, 6.07) is 14.7. The van der Waals surface area contributed by atoms with E-state index in [-0.39, 0.29) is 11.1 Å². The maximum Gasteiger partial charge on any atom is 0.424 e. The number of carbonyl (C=O) groups excluding carboxylic acids is 2. The molecule has 2 aromatic carbocycles. The van der Waals surface area contributed by atoms with Crippen LogP contribution in [0.15, 0.2) is 82.5 Å². The van der Waals surface area contributed by atoms with Crippen molar-refractivity contribution in [1.82, 2.24) is 9.55 Å². The summed E-state index contributed by atoms with van der Waals surface area (Å²) in [7, 11) is 0. The van der Waals surface area contributed by atoms with Crippen LogP contribution in [0, 0.1) is 0 Å². The highest BCUT2D eigenvalue weighted by Gasteiger charge is 2.65. The Labute approximate surface area is 212 Å². The first-order valence-electron chi connectivity index (χ1n) is 11.1. The van der Waals surface area contributed by atoms with Gasteiger partial charge in [-0.05, 0) is 31.2 Å². The number of carbonyl (C=O) groups is 2. The number of H-pyrrole nitrogens is 1. The number of hydrogen-bond acceptors (Lipinski definition) is 7. The first-order chi connectivity index (χ1) is 17.9. The molecule has 3 aromatic rings. The molecular weight excluding hydrogens is 516 g/mol. The number of hydrogen-bond donors (Lipinski definition) is 1. The van der Waals surface area contributed by atoms with Gasteiger partial charge in [0.25, 0.3) is 5.56 Å². The highest BCUT2D eigenvalue weighted by atomic mass is 19.4. The average Bonchev–Trinajstić information content (AvgIpc) is 2.88. The highest BCUT2D eigenvalue weighted by Crippen LogP contribution is 2.41. The van der Waals surface area contributed by atoms with Crippen molar-refractivity contribution < 1.29 is 41.4 Å². The van der Waals surface area contributed by atoms with E-state index in [2.05, 4.69) is 0 Å². The lowest BCUT2D eigenvalue weighted by atomic mass is 9.92. The smallest absolute Gasteiger partial charge is 0.424 e. The summed E-state index contributed by atoms with van der Waals surface area (Å²) in [5, 5.41) is 0. The summed E-state index contributed by atoms with van der Waals surface area (Å²) in [4.78, 5) is 50.3. The van der Waals surface area contributed by atoms with Crippen molar-refractivity contribution in [1.29, 1.82) is 0 Å². The molecule has 0 radical (unpaired) electrons. The Morgan fingerprint density at radius 1 is 0.921 bits per heavy atom. The van der Waals surface area contributed by atoms with E-state index in [0.717, 1.165) is 12.3 Å². The second-order valence-electron chi connectivity index (χ2n) is 8.05. The Morgan fingerprint density at radius 2 is 1.47 bits per heavy atom. The Hall–Kier alpha value is -4.26. The number of aromatic nitrogens is 2. The predicted molar refractivity (Wildman–Crippen MR) is 124 cm³/mol. The SMILES string of the molecule is C[C@H](F)[C@H](OC(=O)c1ccccc1)C(COC(=O)c1ccccc1)(OCn1ccc(=O)[nH]c1=O)C(F)(F)F. The summed E-state index contributed by atoms with van der Waals surface area (Å²) in [5.41, 5.74) is -6.00. The summed E-state index contributed by atoms with van der Waals surface area (Å²) < 4.78 is 74.6. The number of ether oxygens (including phenoxy) is 3. The Kier molecular flexibility index (Phi) is 8.84. The molecule has 0 aliphatic heterocycles. The van der Waals surface area contributed by atoms with Crippen LogP contribution in [0.25, 0.3) is 0 Å². The number of alkyl halides is 4. The molecule has 0 spiro atoms. The third-order valence-corrected chi connectivity index (χ3v) is 5.39. The fraction of sp³-hybridized carbons (Fsp3) is 0.280. The van der Waals surface area contributed by atoms with E-state index in [1.54, 1.807) is 12.1 Å². The third kappa shape index (κ3) is 6.54. The molecule has 3 rings (SSSR count). The van der Waals surface area contributed by atoms with Gasteiger partial charge >= 0.3 is 23.8 Å². The van der Waals surface area contributed by atoms with Crippen molar-refractivity contribution in [2.45, 2.75) is 37.7 Å². The standard InChI is InChI=1S/C25H22F4N2O7/c1-16(26)20(38-22(34)18-10-6-3-7-11-18)24(25(27,28)29,14-36-21(33)17-8-4-2-5-9-17)37-15-31-13-12-19(32)30-23(31)35/h2-13,16,20H,14-15H2,1H3,(H,30,32,35)/t16-,20-,24?/m0/s1. The lowest BCUT2D eigenvalue weighted by Crippen LogP contribution is -2.64. The summed E-state index contributed by atoms with van der Waals surface area (Å²) in [5.74, 6) is -2.49. The Morgan fingerprint density at radius 3 is 1.97 bits per heavy atom. The van der Waals surface area contributed by atoms with Gasteiger partial charge in [0, 0.05) is 12.3 Å². The van der Waals surface area contributed by atoms with Crippen LogP contribution in [-0.4, -0.2) is 52.1 Å². The fourth-order valence-corrected chi connectivity index (χ4v) is 3.41. The van der Waals surface area contributed by atoms with Crippen molar-refractivity contribution in [3.63, 3.8) is 0 Å². The maximum absolute atomic E-state index is 14.9. The normalized spacial score (nSPS) is 14.7. The molecular formula is C25H22F4N2O7. The van der Waals surface area contributed by atoms with Crippen molar-refractivity contribution in [2.75, 3.05) is 6.61 Å². The van der Waals surface area contributed by atoms with Crippen molar-refractivity contribution in [3.8, 4) is 0 Å². The van der Waals surface area contributed by atoms with Crippen LogP contribution in [0.4, 0.5) is 17.6 Å². The largest absolute Gasteiger partial charge is 0.458 e. The second kappa shape index (κ2) is 11.9. The van der Waals surface area contributed by atoms with Crippen molar-refractivity contribution in [3.05, 3.63) is 105 Å². The van der Waals surface area contributed by atoms with E-state index < -0.39 is 60.6 Å². The minimum atomic E-state index is -5.50. The molecule has 1 unspecified atom stereocenters. The van der Waals surface area contributed by atoms with Gasteiger partial charge in [-0.2, -0.15) is 13.2 Å². The van der Waals surface area contributed by atoms with E-state index in [9.17, 15) is 36.7 Å². The van der Waals surface area contributed by atoms with Crippen LogP contribution in [0.5, 0.6) is 0 Å². The number of esters is 2.